The summed E-state index contributed by atoms with van der Waals surface area (Å²) in [6.07, 6.45) is -3.46. The molecule has 2 atom stereocenters. The van der Waals surface area contributed by atoms with Gasteiger partial charge in [-0.25, -0.2) is 0 Å². The Morgan fingerprint density at radius 1 is 1.23 bits per heavy atom. The van der Waals surface area contributed by atoms with Gasteiger partial charge in [-0.05, 0) is 24.5 Å². The van der Waals surface area contributed by atoms with Crippen LogP contribution in [-0.4, -0.2) is 55.7 Å². The number of rotatable bonds is 6. The molecule has 2 rings (SSSR count). The van der Waals surface area contributed by atoms with Crippen molar-refractivity contribution in [2.75, 3.05) is 32.7 Å². The molecule has 1 amide bonds. The van der Waals surface area contributed by atoms with Crippen LogP contribution in [0.1, 0.15) is 30.9 Å². The van der Waals surface area contributed by atoms with Crippen molar-refractivity contribution in [3.63, 3.8) is 0 Å². The molecule has 0 bridgehead atoms. The number of halogens is 4. The number of amides is 1. The molecule has 1 aliphatic heterocycles. The Morgan fingerprint density at radius 3 is 2.31 bits per heavy atom. The van der Waals surface area contributed by atoms with Gasteiger partial charge in [0, 0.05) is 32.7 Å². The molecule has 0 spiro atoms. The molecular formula is C18H27ClF3N3O. The van der Waals surface area contributed by atoms with Gasteiger partial charge < -0.3 is 10.6 Å². The normalized spacial score (nSPS) is 17.9. The first-order valence-corrected chi connectivity index (χ1v) is 8.71. The maximum Gasteiger partial charge on any atom is 0.405 e. The number of aryl methyl sites for hydroxylation is 1. The molecule has 8 heteroatoms. The van der Waals surface area contributed by atoms with Gasteiger partial charge in [-0.2, -0.15) is 13.2 Å². The molecule has 4 nitrogen and oxygen atoms in total. The van der Waals surface area contributed by atoms with E-state index in [2.05, 4.69) is 10.6 Å². The minimum absolute atomic E-state index is 0. The second-order valence-electron chi connectivity index (χ2n) is 6.41. The largest absolute Gasteiger partial charge is 0.405 e. The summed E-state index contributed by atoms with van der Waals surface area (Å²) in [4.78, 5) is 13.7. The maximum atomic E-state index is 13.3. The van der Waals surface area contributed by atoms with Crippen LogP contribution >= 0.6 is 12.4 Å². The van der Waals surface area contributed by atoms with Crippen molar-refractivity contribution < 1.29 is 18.0 Å². The first-order chi connectivity index (χ1) is 11.8. The van der Waals surface area contributed by atoms with Gasteiger partial charge in [0.15, 0.2) is 0 Å². The van der Waals surface area contributed by atoms with E-state index in [9.17, 15) is 18.0 Å². The van der Waals surface area contributed by atoms with Gasteiger partial charge in [0.05, 0.1) is 5.92 Å². The van der Waals surface area contributed by atoms with Crippen molar-refractivity contribution in [2.24, 2.45) is 0 Å². The second kappa shape index (κ2) is 10.1. The van der Waals surface area contributed by atoms with Crippen LogP contribution in [0.25, 0.3) is 0 Å². The van der Waals surface area contributed by atoms with E-state index in [1.807, 2.05) is 31.2 Å². The van der Waals surface area contributed by atoms with Gasteiger partial charge in [0.25, 0.3) is 0 Å². The van der Waals surface area contributed by atoms with Crippen molar-refractivity contribution in [3.05, 3.63) is 35.4 Å². The molecule has 26 heavy (non-hydrogen) atoms. The molecule has 2 unspecified atom stereocenters. The minimum Gasteiger partial charge on any atom is -0.354 e. The fourth-order valence-electron chi connectivity index (χ4n) is 2.99. The minimum atomic E-state index is -4.36. The lowest BCUT2D eigenvalue weighted by Gasteiger charge is -2.36. The Morgan fingerprint density at radius 2 is 1.81 bits per heavy atom. The Hall–Kier alpha value is -1.31. The highest BCUT2D eigenvalue weighted by Gasteiger charge is 2.43. The first kappa shape index (κ1) is 22.7. The van der Waals surface area contributed by atoms with Gasteiger partial charge >= 0.3 is 6.18 Å². The Kier molecular flexibility index (Phi) is 8.86. The molecule has 0 radical (unpaired) electrons. The molecule has 0 aromatic heterocycles. The monoisotopic (exact) mass is 393 g/mol. The molecule has 1 heterocycles. The van der Waals surface area contributed by atoms with Crippen molar-refractivity contribution >= 4 is 18.3 Å². The maximum absolute atomic E-state index is 13.3. The Bertz CT molecular complexity index is 560. The molecule has 1 fully saturated rings. The number of hydrogen-bond acceptors (Lipinski definition) is 3. The molecule has 1 aromatic carbocycles. The van der Waals surface area contributed by atoms with E-state index >= 15 is 0 Å². The van der Waals surface area contributed by atoms with Crippen LogP contribution in [0.5, 0.6) is 0 Å². The van der Waals surface area contributed by atoms with Crippen LogP contribution in [0.2, 0.25) is 0 Å². The third-order valence-electron chi connectivity index (χ3n) is 4.72. The van der Waals surface area contributed by atoms with E-state index in [1.165, 1.54) is 4.90 Å². The molecule has 1 saturated heterocycles. The van der Waals surface area contributed by atoms with Gasteiger partial charge in [-0.15, -0.1) is 12.4 Å². The smallest absolute Gasteiger partial charge is 0.354 e. The van der Waals surface area contributed by atoms with Gasteiger partial charge in [0.1, 0.15) is 6.04 Å². The lowest BCUT2D eigenvalue weighted by Crippen LogP contribution is -2.57. The number of benzene rings is 1. The summed E-state index contributed by atoms with van der Waals surface area (Å²) in [5.41, 5.74) is 1.97. The van der Waals surface area contributed by atoms with E-state index in [0.29, 0.717) is 26.2 Å². The van der Waals surface area contributed by atoms with E-state index < -0.39 is 24.7 Å². The molecular weight excluding hydrogens is 367 g/mol. The predicted octanol–water partition coefficient (Wildman–Crippen LogP) is 2.73. The summed E-state index contributed by atoms with van der Waals surface area (Å²) in [5.74, 6) is -0.864. The van der Waals surface area contributed by atoms with Gasteiger partial charge in [0.2, 0.25) is 5.91 Å². The summed E-state index contributed by atoms with van der Waals surface area (Å²) < 4.78 is 40.0. The summed E-state index contributed by atoms with van der Waals surface area (Å²) in [6, 6.07) is 5.96. The lowest BCUT2D eigenvalue weighted by molar-refractivity contribution is -0.184. The molecule has 1 aliphatic rings. The fourth-order valence-corrected chi connectivity index (χ4v) is 2.99. The number of hydrogen-bond donors (Lipinski definition) is 2. The van der Waals surface area contributed by atoms with Gasteiger partial charge in [-0.3, -0.25) is 9.69 Å². The topological polar surface area (TPSA) is 44.4 Å². The van der Waals surface area contributed by atoms with Crippen LogP contribution in [0.3, 0.4) is 0 Å². The van der Waals surface area contributed by atoms with Crippen molar-refractivity contribution in [1.29, 1.82) is 0 Å². The standard InChI is InChI=1S/C18H26F3N3O.ClH/c1-3-14-4-6-15(7-5-14)13(2)17(25)23-12-16(18(19,20)21)24-10-8-22-9-11-24;/h4-7,13,16,22H,3,8-12H2,1-2H3,(H,23,25);1H. The first-order valence-electron chi connectivity index (χ1n) is 8.71. The molecule has 1 aromatic rings. The van der Waals surface area contributed by atoms with Crippen LogP contribution in [0, 0.1) is 0 Å². The predicted molar refractivity (Wildman–Crippen MR) is 98.8 cm³/mol. The highest BCUT2D eigenvalue weighted by molar-refractivity contribution is 5.85. The van der Waals surface area contributed by atoms with Crippen LogP contribution in [0.4, 0.5) is 13.2 Å². The number of nitrogens with one attached hydrogen (secondary N) is 2. The van der Waals surface area contributed by atoms with E-state index in [1.54, 1.807) is 6.92 Å². The zero-order chi connectivity index (χ0) is 18.4. The van der Waals surface area contributed by atoms with Crippen molar-refractivity contribution in [3.8, 4) is 0 Å². The number of carbonyl (C=O) groups is 1. The summed E-state index contributed by atoms with van der Waals surface area (Å²) >= 11 is 0. The zero-order valence-electron chi connectivity index (χ0n) is 15.1. The highest BCUT2D eigenvalue weighted by Crippen LogP contribution is 2.25. The second-order valence-corrected chi connectivity index (χ2v) is 6.41. The molecule has 148 valence electrons. The Balaban J connectivity index is 0.00000338. The zero-order valence-corrected chi connectivity index (χ0v) is 15.9. The summed E-state index contributed by atoms with van der Waals surface area (Å²) in [7, 11) is 0. The van der Waals surface area contributed by atoms with E-state index in [4.69, 9.17) is 0 Å². The van der Waals surface area contributed by atoms with Crippen molar-refractivity contribution in [2.45, 2.75) is 38.4 Å². The van der Waals surface area contributed by atoms with Gasteiger partial charge in [-0.1, -0.05) is 31.2 Å². The van der Waals surface area contributed by atoms with Crippen molar-refractivity contribution in [1.82, 2.24) is 15.5 Å². The van der Waals surface area contributed by atoms with Crippen LogP contribution in [-0.2, 0) is 11.2 Å². The van der Waals surface area contributed by atoms with Crippen LogP contribution in [0.15, 0.2) is 24.3 Å². The van der Waals surface area contributed by atoms with E-state index in [0.717, 1.165) is 17.5 Å². The lowest BCUT2D eigenvalue weighted by atomic mass is 9.98. The molecule has 2 N–H and O–H groups in total. The molecule has 0 aliphatic carbocycles. The quantitative estimate of drug-likeness (QED) is 0.781. The third-order valence-corrected chi connectivity index (χ3v) is 4.72. The number of nitrogens with zero attached hydrogens (tertiary/aromatic N) is 1. The van der Waals surface area contributed by atoms with Crippen LogP contribution < -0.4 is 10.6 Å². The van der Waals surface area contributed by atoms with E-state index in [-0.39, 0.29) is 18.3 Å². The average molecular weight is 394 g/mol. The highest BCUT2D eigenvalue weighted by atomic mass is 35.5. The fraction of sp³-hybridized carbons (Fsp3) is 0.611. The Labute approximate surface area is 158 Å². The number of alkyl halides is 3. The number of carbonyl (C=O) groups excluding carboxylic acids is 1. The number of piperazine rings is 1. The molecule has 0 saturated carbocycles. The third kappa shape index (κ3) is 6.14. The summed E-state index contributed by atoms with van der Waals surface area (Å²) in [5, 5.41) is 5.53. The average Bonchev–Trinajstić information content (AvgIpc) is 2.61. The SMILES string of the molecule is CCc1ccc(C(C)C(=O)NCC(N2CCNCC2)C(F)(F)F)cc1.Cl. The summed E-state index contributed by atoms with van der Waals surface area (Å²) in [6.45, 7) is 5.05.